The van der Waals surface area contributed by atoms with E-state index in [4.69, 9.17) is 4.42 Å². The number of hydrogen-bond donors (Lipinski definition) is 1. The zero-order valence-electron chi connectivity index (χ0n) is 14.4. The van der Waals surface area contributed by atoms with Gasteiger partial charge in [-0.15, -0.1) is 0 Å². The molecule has 0 saturated carbocycles. The van der Waals surface area contributed by atoms with Crippen molar-refractivity contribution in [3.05, 3.63) is 47.9 Å². The number of anilines is 1. The Morgan fingerprint density at radius 2 is 1.96 bits per heavy atom. The molecule has 1 unspecified atom stereocenters. The predicted molar refractivity (Wildman–Crippen MR) is 95.0 cm³/mol. The third kappa shape index (κ3) is 3.77. The Labute approximate surface area is 147 Å². The van der Waals surface area contributed by atoms with Crippen LogP contribution in [0.5, 0.6) is 0 Å². The number of furan rings is 1. The van der Waals surface area contributed by atoms with Crippen molar-refractivity contribution in [1.82, 2.24) is 4.31 Å². The van der Waals surface area contributed by atoms with E-state index < -0.39 is 10.0 Å². The molecule has 134 valence electrons. The van der Waals surface area contributed by atoms with Crippen LogP contribution in [0.15, 0.2) is 45.9 Å². The first-order chi connectivity index (χ1) is 11.9. The van der Waals surface area contributed by atoms with Crippen molar-refractivity contribution in [2.45, 2.75) is 31.6 Å². The maximum atomic E-state index is 12.7. The first-order valence-corrected chi connectivity index (χ1v) is 9.77. The van der Waals surface area contributed by atoms with Gasteiger partial charge in [0.25, 0.3) is 5.91 Å². The number of nitrogens with one attached hydrogen (secondary N) is 1. The van der Waals surface area contributed by atoms with Crippen LogP contribution in [0.2, 0.25) is 0 Å². The van der Waals surface area contributed by atoms with E-state index in [1.54, 1.807) is 29.4 Å². The minimum Gasteiger partial charge on any atom is -0.459 e. The highest BCUT2D eigenvalue weighted by Crippen LogP contribution is 2.24. The maximum absolute atomic E-state index is 12.7. The Hall–Kier alpha value is -2.12. The van der Waals surface area contributed by atoms with Crippen LogP contribution in [-0.2, 0) is 10.0 Å². The molecule has 0 bridgehead atoms. The third-order valence-electron chi connectivity index (χ3n) is 4.44. The molecule has 0 radical (unpaired) electrons. The van der Waals surface area contributed by atoms with Crippen molar-refractivity contribution in [3.8, 4) is 0 Å². The van der Waals surface area contributed by atoms with E-state index in [1.165, 1.54) is 18.4 Å². The number of hydrogen-bond acceptors (Lipinski definition) is 4. The molecule has 1 aliphatic heterocycles. The third-order valence-corrected chi connectivity index (χ3v) is 6.32. The molecule has 3 rings (SSSR count). The van der Waals surface area contributed by atoms with Gasteiger partial charge in [-0.05, 0) is 56.0 Å². The van der Waals surface area contributed by atoms with Gasteiger partial charge >= 0.3 is 0 Å². The molecule has 25 heavy (non-hydrogen) atoms. The normalized spacial score (nSPS) is 18.9. The van der Waals surface area contributed by atoms with Crippen molar-refractivity contribution in [1.29, 1.82) is 0 Å². The summed E-state index contributed by atoms with van der Waals surface area (Å²) in [5.41, 5.74) is 1.27. The molecule has 1 N–H and O–H groups in total. The summed E-state index contributed by atoms with van der Waals surface area (Å²) in [7, 11) is -3.49. The summed E-state index contributed by atoms with van der Waals surface area (Å²) in [5, 5.41) is 2.71. The summed E-state index contributed by atoms with van der Waals surface area (Å²) in [6.07, 6.45) is 3.40. The van der Waals surface area contributed by atoms with Gasteiger partial charge in [-0.1, -0.05) is 6.92 Å². The van der Waals surface area contributed by atoms with E-state index in [9.17, 15) is 13.2 Å². The first-order valence-electron chi connectivity index (χ1n) is 8.33. The van der Waals surface area contributed by atoms with Gasteiger partial charge in [0, 0.05) is 24.3 Å². The molecule has 1 saturated heterocycles. The number of sulfonamides is 1. The predicted octanol–water partition coefficient (Wildman–Crippen LogP) is 3.26. The fourth-order valence-electron chi connectivity index (χ4n) is 3.02. The number of nitrogens with zero attached hydrogens (tertiary/aromatic N) is 1. The van der Waals surface area contributed by atoms with E-state index in [0.29, 0.717) is 24.7 Å². The Morgan fingerprint density at radius 3 is 2.56 bits per heavy atom. The van der Waals surface area contributed by atoms with E-state index in [1.807, 2.05) is 0 Å². The van der Waals surface area contributed by atoms with Crippen LogP contribution in [0.25, 0.3) is 0 Å². The molecule has 2 aromatic rings. The van der Waals surface area contributed by atoms with Gasteiger partial charge in [-0.2, -0.15) is 4.31 Å². The molecular formula is C18H22N2O4S. The topological polar surface area (TPSA) is 79.6 Å². The summed E-state index contributed by atoms with van der Waals surface area (Å²) >= 11 is 0. The van der Waals surface area contributed by atoms with Crippen LogP contribution < -0.4 is 5.32 Å². The summed E-state index contributed by atoms with van der Waals surface area (Å²) < 4.78 is 32.1. The van der Waals surface area contributed by atoms with E-state index in [0.717, 1.165) is 18.4 Å². The lowest BCUT2D eigenvalue weighted by molar-refractivity contribution is 0.0996. The zero-order valence-corrected chi connectivity index (χ0v) is 15.2. The number of amides is 1. The van der Waals surface area contributed by atoms with Gasteiger partial charge < -0.3 is 9.73 Å². The highest BCUT2D eigenvalue weighted by Gasteiger charge is 2.28. The molecule has 0 aliphatic carbocycles. The summed E-state index contributed by atoms with van der Waals surface area (Å²) in [6.45, 7) is 4.96. The monoisotopic (exact) mass is 362 g/mol. The molecular weight excluding hydrogens is 340 g/mol. The average Bonchev–Trinajstić information content (AvgIpc) is 3.01. The Balaban J connectivity index is 1.73. The number of rotatable bonds is 4. The number of benzene rings is 1. The van der Waals surface area contributed by atoms with Gasteiger partial charge in [0.15, 0.2) is 5.76 Å². The van der Waals surface area contributed by atoms with E-state index in [-0.39, 0.29) is 16.6 Å². The number of carbonyl (C=O) groups excluding carboxylic acids is 1. The molecule has 1 amide bonds. The van der Waals surface area contributed by atoms with Gasteiger partial charge in [0.2, 0.25) is 10.0 Å². The molecule has 1 aromatic heterocycles. The highest BCUT2D eigenvalue weighted by molar-refractivity contribution is 7.89. The van der Waals surface area contributed by atoms with Crippen molar-refractivity contribution >= 4 is 21.6 Å². The van der Waals surface area contributed by atoms with Crippen molar-refractivity contribution in [2.75, 3.05) is 18.4 Å². The van der Waals surface area contributed by atoms with E-state index in [2.05, 4.69) is 12.2 Å². The fourth-order valence-corrected chi connectivity index (χ4v) is 4.62. The standard InChI is InChI=1S/C18H22N2O4S/c1-13-4-3-10-20(12-13)25(22,23)16-7-5-15(6-8-16)19-18(21)17-14(2)9-11-24-17/h5-9,11,13H,3-4,10,12H2,1-2H3,(H,19,21). The second-order valence-corrected chi connectivity index (χ2v) is 8.46. The van der Waals surface area contributed by atoms with Crippen LogP contribution in [0, 0.1) is 12.8 Å². The van der Waals surface area contributed by atoms with Crippen molar-refractivity contribution < 1.29 is 17.6 Å². The summed E-state index contributed by atoms with van der Waals surface area (Å²) in [6, 6.07) is 7.95. The molecule has 0 spiro atoms. The highest BCUT2D eigenvalue weighted by atomic mass is 32.2. The Morgan fingerprint density at radius 1 is 1.24 bits per heavy atom. The van der Waals surface area contributed by atoms with Crippen LogP contribution >= 0.6 is 0 Å². The van der Waals surface area contributed by atoms with Gasteiger partial charge in [0.1, 0.15) is 0 Å². The average molecular weight is 362 g/mol. The SMILES string of the molecule is Cc1ccoc1C(=O)Nc1ccc(S(=O)(=O)N2CCCC(C)C2)cc1. The minimum absolute atomic E-state index is 0.244. The second kappa shape index (κ2) is 7.01. The first kappa shape index (κ1) is 17.7. The smallest absolute Gasteiger partial charge is 0.291 e. The lowest BCUT2D eigenvalue weighted by atomic mass is 10.0. The number of piperidine rings is 1. The second-order valence-electron chi connectivity index (χ2n) is 6.52. The number of aryl methyl sites for hydroxylation is 1. The van der Waals surface area contributed by atoms with E-state index >= 15 is 0 Å². The lowest BCUT2D eigenvalue weighted by Gasteiger charge is -2.30. The Bertz CT molecular complexity index is 855. The largest absolute Gasteiger partial charge is 0.459 e. The molecule has 1 aromatic carbocycles. The van der Waals surface area contributed by atoms with Crippen LogP contribution in [0.1, 0.15) is 35.9 Å². The zero-order chi connectivity index (χ0) is 18.0. The molecule has 7 heteroatoms. The van der Waals surface area contributed by atoms with Crippen LogP contribution in [0.4, 0.5) is 5.69 Å². The van der Waals surface area contributed by atoms with Gasteiger partial charge in [-0.25, -0.2) is 8.42 Å². The minimum atomic E-state index is -3.49. The Kier molecular flexibility index (Phi) is 4.96. The molecule has 1 fully saturated rings. The fraction of sp³-hybridized carbons (Fsp3) is 0.389. The molecule has 2 heterocycles. The van der Waals surface area contributed by atoms with Crippen molar-refractivity contribution in [2.24, 2.45) is 5.92 Å². The van der Waals surface area contributed by atoms with Crippen LogP contribution in [-0.4, -0.2) is 31.7 Å². The van der Waals surface area contributed by atoms with Crippen LogP contribution in [0.3, 0.4) is 0 Å². The summed E-state index contributed by atoms with van der Waals surface area (Å²) in [4.78, 5) is 12.4. The lowest BCUT2D eigenvalue weighted by Crippen LogP contribution is -2.39. The molecule has 6 nitrogen and oxygen atoms in total. The van der Waals surface area contributed by atoms with Gasteiger partial charge in [-0.3, -0.25) is 4.79 Å². The summed E-state index contributed by atoms with van der Waals surface area (Å²) in [5.74, 6) is 0.264. The molecule has 1 atom stereocenters. The maximum Gasteiger partial charge on any atom is 0.291 e. The van der Waals surface area contributed by atoms with Crippen molar-refractivity contribution in [3.63, 3.8) is 0 Å². The quantitative estimate of drug-likeness (QED) is 0.905. The molecule has 1 aliphatic rings. The number of carbonyl (C=O) groups is 1. The van der Waals surface area contributed by atoms with Gasteiger partial charge in [0.05, 0.1) is 11.2 Å².